The molecule has 0 aliphatic carbocycles. The molecule has 2 atom stereocenters. The van der Waals surface area contributed by atoms with Crippen LogP contribution in [0.2, 0.25) is 0 Å². The van der Waals surface area contributed by atoms with Crippen molar-refractivity contribution in [1.82, 2.24) is 16.0 Å². The molecule has 0 heterocycles. The number of carbonyl (C=O) groups is 2. The zero-order chi connectivity index (χ0) is 33.6. The normalized spacial score (nSPS) is 12.3. The summed E-state index contributed by atoms with van der Waals surface area (Å²) in [6.45, 7) is 5.51. The van der Waals surface area contributed by atoms with Gasteiger partial charge in [0.2, 0.25) is 5.91 Å². The molecule has 0 aromatic heterocycles. The van der Waals surface area contributed by atoms with Crippen molar-refractivity contribution in [3.8, 4) is 11.5 Å². The lowest BCUT2D eigenvalue weighted by atomic mass is 10.0. The highest BCUT2D eigenvalue weighted by Gasteiger charge is 2.13. The topological polar surface area (TPSA) is 140 Å². The number of phenols is 1. The molecule has 0 saturated carbocycles. The lowest BCUT2D eigenvalue weighted by Gasteiger charge is -2.18. The third kappa shape index (κ3) is 11.2. The van der Waals surface area contributed by atoms with Crippen LogP contribution in [0.3, 0.4) is 0 Å². The van der Waals surface area contributed by atoms with Crippen molar-refractivity contribution >= 4 is 11.8 Å². The highest BCUT2D eigenvalue weighted by atomic mass is 16.5. The molecular formula is C38H45N3O6. The zero-order valence-corrected chi connectivity index (χ0v) is 27.0. The number of carbonyl (C=O) groups excluding carboxylic acids is 2. The van der Waals surface area contributed by atoms with E-state index in [2.05, 4.69) is 16.0 Å². The Kier molecular flexibility index (Phi) is 13.4. The largest absolute Gasteiger partial charge is 0.508 e. The van der Waals surface area contributed by atoms with Crippen LogP contribution in [0, 0.1) is 0 Å². The molecule has 4 aromatic carbocycles. The van der Waals surface area contributed by atoms with Crippen molar-refractivity contribution in [2.45, 2.75) is 58.4 Å². The zero-order valence-electron chi connectivity index (χ0n) is 27.0. The van der Waals surface area contributed by atoms with Crippen LogP contribution in [0.15, 0.2) is 91.0 Å². The van der Waals surface area contributed by atoms with Gasteiger partial charge < -0.3 is 36.0 Å². The third-order valence-corrected chi connectivity index (χ3v) is 7.86. The Hall–Kier alpha value is -4.70. The predicted octanol–water partition coefficient (Wildman–Crippen LogP) is 4.37. The number of hydrogen-bond acceptors (Lipinski definition) is 7. The number of aromatic hydroxyl groups is 1. The standard InChI is InChI=1S/C38H45N3O6/c1-3-47-34-14-9-27(10-15-34)17-18-39-38(46)31-11-7-28(8-12-31)23-41-37(45)21-30-6-4-5-29(20-30)19-26(2)40-24-36(44)32-13-16-35(43)33(22-32)25-42/h4-16,20,22,26,36,40,42-44H,3,17-19,21,23-25H2,1-2H3,(H,39,46)(H,41,45)/t26-,36-/m1/s1. The van der Waals surface area contributed by atoms with Crippen LogP contribution in [0.4, 0.5) is 0 Å². The van der Waals surface area contributed by atoms with Crippen LogP contribution in [0.25, 0.3) is 0 Å². The molecule has 0 saturated heterocycles. The maximum absolute atomic E-state index is 12.7. The van der Waals surface area contributed by atoms with Gasteiger partial charge in [-0.2, -0.15) is 0 Å². The average Bonchev–Trinajstić information content (AvgIpc) is 3.07. The van der Waals surface area contributed by atoms with Crippen LogP contribution in [0.1, 0.15) is 63.7 Å². The summed E-state index contributed by atoms with van der Waals surface area (Å²) in [4.78, 5) is 25.3. The molecule has 248 valence electrons. The van der Waals surface area contributed by atoms with Gasteiger partial charge in [-0.25, -0.2) is 0 Å². The van der Waals surface area contributed by atoms with Crippen LogP contribution in [-0.2, 0) is 37.2 Å². The minimum Gasteiger partial charge on any atom is -0.508 e. The van der Waals surface area contributed by atoms with Crippen molar-refractivity contribution < 1.29 is 29.6 Å². The maximum Gasteiger partial charge on any atom is 0.251 e. The molecule has 0 spiro atoms. The fourth-order valence-corrected chi connectivity index (χ4v) is 5.23. The lowest BCUT2D eigenvalue weighted by molar-refractivity contribution is -0.120. The first-order valence-corrected chi connectivity index (χ1v) is 16.0. The van der Waals surface area contributed by atoms with Crippen LogP contribution in [-0.4, -0.2) is 52.9 Å². The summed E-state index contributed by atoms with van der Waals surface area (Å²) in [6, 6.07) is 27.8. The Morgan fingerprint density at radius 1 is 0.851 bits per heavy atom. The fraction of sp³-hybridized carbons (Fsp3) is 0.316. The second-order valence-electron chi connectivity index (χ2n) is 11.6. The van der Waals surface area contributed by atoms with E-state index in [-0.39, 0.29) is 36.6 Å². The van der Waals surface area contributed by atoms with Gasteiger partial charge in [-0.1, -0.05) is 54.6 Å². The van der Waals surface area contributed by atoms with Gasteiger partial charge in [-0.05, 0) is 90.9 Å². The number of hydrogen-bond donors (Lipinski definition) is 6. The average molecular weight is 640 g/mol. The number of benzene rings is 4. The first-order valence-electron chi connectivity index (χ1n) is 16.0. The van der Waals surface area contributed by atoms with Gasteiger partial charge >= 0.3 is 0 Å². The Morgan fingerprint density at radius 2 is 1.57 bits per heavy atom. The fourth-order valence-electron chi connectivity index (χ4n) is 5.23. The summed E-state index contributed by atoms with van der Waals surface area (Å²) >= 11 is 0. The molecule has 0 aliphatic rings. The van der Waals surface area contributed by atoms with Gasteiger partial charge in [0, 0.05) is 36.8 Å². The predicted molar refractivity (Wildman–Crippen MR) is 182 cm³/mol. The number of nitrogens with one attached hydrogen (secondary N) is 3. The summed E-state index contributed by atoms with van der Waals surface area (Å²) in [5, 5.41) is 38.9. The Balaban J connectivity index is 1.17. The summed E-state index contributed by atoms with van der Waals surface area (Å²) in [7, 11) is 0. The quantitative estimate of drug-likeness (QED) is 0.101. The molecule has 0 aliphatic heterocycles. The Morgan fingerprint density at radius 3 is 2.30 bits per heavy atom. The first-order chi connectivity index (χ1) is 22.7. The van der Waals surface area contributed by atoms with Gasteiger partial charge in [0.25, 0.3) is 5.91 Å². The van der Waals surface area contributed by atoms with E-state index in [0.29, 0.717) is 49.4 Å². The molecule has 0 radical (unpaired) electrons. The minimum absolute atomic E-state index is 0.00150. The molecule has 6 N–H and O–H groups in total. The van der Waals surface area contributed by atoms with Crippen LogP contribution >= 0.6 is 0 Å². The second kappa shape index (κ2) is 17.9. The van der Waals surface area contributed by atoms with E-state index in [1.54, 1.807) is 24.3 Å². The Bertz CT molecular complexity index is 1590. The first kappa shape index (κ1) is 35.2. The molecule has 4 aromatic rings. The summed E-state index contributed by atoms with van der Waals surface area (Å²) in [6.07, 6.45) is 0.895. The van der Waals surface area contributed by atoms with E-state index in [0.717, 1.165) is 34.4 Å². The van der Waals surface area contributed by atoms with Gasteiger partial charge in [0.15, 0.2) is 0 Å². The Labute approximate surface area is 276 Å². The van der Waals surface area contributed by atoms with Crippen LogP contribution < -0.4 is 20.7 Å². The maximum atomic E-state index is 12.7. The lowest BCUT2D eigenvalue weighted by Crippen LogP contribution is -2.32. The molecule has 4 rings (SSSR count). The summed E-state index contributed by atoms with van der Waals surface area (Å²) < 4.78 is 5.46. The third-order valence-electron chi connectivity index (χ3n) is 7.86. The van der Waals surface area contributed by atoms with Crippen molar-refractivity contribution in [2.75, 3.05) is 19.7 Å². The second-order valence-corrected chi connectivity index (χ2v) is 11.6. The van der Waals surface area contributed by atoms with E-state index in [1.807, 2.05) is 74.5 Å². The smallest absolute Gasteiger partial charge is 0.251 e. The van der Waals surface area contributed by atoms with E-state index < -0.39 is 6.10 Å². The molecule has 2 amide bonds. The van der Waals surface area contributed by atoms with Crippen molar-refractivity contribution in [3.63, 3.8) is 0 Å². The monoisotopic (exact) mass is 639 g/mol. The van der Waals surface area contributed by atoms with Crippen molar-refractivity contribution in [2.24, 2.45) is 0 Å². The van der Waals surface area contributed by atoms with Crippen molar-refractivity contribution in [3.05, 3.63) is 130 Å². The number of ether oxygens (including phenoxy) is 1. The number of aliphatic hydroxyl groups excluding tert-OH is 2. The SMILES string of the molecule is CCOc1ccc(CCNC(=O)c2ccc(CNC(=O)Cc3cccc(C[C@@H](C)NC[C@@H](O)c4ccc(O)c(CO)c4)c3)cc2)cc1. The number of aliphatic hydroxyl groups is 2. The number of rotatable bonds is 17. The molecule has 0 unspecified atom stereocenters. The van der Waals surface area contributed by atoms with Gasteiger partial charge in [-0.15, -0.1) is 0 Å². The summed E-state index contributed by atoms with van der Waals surface area (Å²) in [5.41, 5.74) is 5.57. The molecule has 9 heteroatoms. The van der Waals surface area contributed by atoms with Gasteiger partial charge in [0.1, 0.15) is 11.5 Å². The summed E-state index contributed by atoms with van der Waals surface area (Å²) in [5.74, 6) is 0.605. The molecule has 9 nitrogen and oxygen atoms in total. The van der Waals surface area contributed by atoms with E-state index >= 15 is 0 Å². The van der Waals surface area contributed by atoms with E-state index in [1.165, 1.54) is 6.07 Å². The van der Waals surface area contributed by atoms with E-state index in [4.69, 9.17) is 4.74 Å². The minimum atomic E-state index is -0.785. The van der Waals surface area contributed by atoms with Crippen molar-refractivity contribution in [1.29, 1.82) is 0 Å². The highest BCUT2D eigenvalue weighted by Crippen LogP contribution is 2.22. The number of amides is 2. The molecule has 0 bridgehead atoms. The molecular weight excluding hydrogens is 594 g/mol. The molecule has 0 fully saturated rings. The van der Waals surface area contributed by atoms with Crippen LogP contribution in [0.5, 0.6) is 11.5 Å². The van der Waals surface area contributed by atoms with Gasteiger partial charge in [0.05, 0.1) is 25.7 Å². The highest BCUT2D eigenvalue weighted by molar-refractivity contribution is 5.94. The molecule has 47 heavy (non-hydrogen) atoms. The van der Waals surface area contributed by atoms with E-state index in [9.17, 15) is 24.9 Å². The van der Waals surface area contributed by atoms with Gasteiger partial charge in [-0.3, -0.25) is 9.59 Å².